The Bertz CT molecular complexity index is 158. The molecule has 0 aromatic rings. The third-order valence-corrected chi connectivity index (χ3v) is 1.31. The molecular weight excluding hydrogens is 160 g/mol. The van der Waals surface area contributed by atoms with Crippen LogP contribution in [-0.4, -0.2) is 16.8 Å². The van der Waals surface area contributed by atoms with Crippen molar-refractivity contribution < 1.29 is 9.53 Å². The average molecular weight is 174 g/mol. The van der Waals surface area contributed by atoms with Crippen molar-refractivity contribution in [1.29, 1.82) is 0 Å². The second-order valence-electron chi connectivity index (χ2n) is 2.91. The van der Waals surface area contributed by atoms with E-state index in [1.165, 1.54) is 0 Å². The summed E-state index contributed by atoms with van der Waals surface area (Å²) in [6.45, 7) is 8.63. The zero-order valence-corrected chi connectivity index (χ0v) is 8.02. The van der Waals surface area contributed by atoms with Gasteiger partial charge in [-0.05, 0) is 20.8 Å². The van der Waals surface area contributed by atoms with Gasteiger partial charge in [-0.3, -0.25) is 4.79 Å². The van der Waals surface area contributed by atoms with Gasteiger partial charge in [0.2, 0.25) is 0 Å². The number of rotatable bonds is 3. The SMILES string of the molecule is C=CC(C)OC(=O)C(C)(C)S. The first-order valence-electron chi connectivity index (χ1n) is 3.44. The van der Waals surface area contributed by atoms with Crippen LogP contribution in [0.25, 0.3) is 0 Å². The number of thiol groups is 1. The molecule has 0 bridgehead atoms. The number of ether oxygens (including phenoxy) is 1. The predicted octanol–water partition coefficient (Wildman–Crippen LogP) is 1.81. The van der Waals surface area contributed by atoms with Gasteiger partial charge in [0, 0.05) is 0 Å². The maximum Gasteiger partial charge on any atom is 0.321 e. The van der Waals surface area contributed by atoms with E-state index in [0.717, 1.165) is 0 Å². The molecule has 0 N–H and O–H groups in total. The Kier molecular flexibility index (Phi) is 3.66. The molecule has 0 heterocycles. The summed E-state index contributed by atoms with van der Waals surface area (Å²) in [7, 11) is 0. The summed E-state index contributed by atoms with van der Waals surface area (Å²) >= 11 is 4.05. The van der Waals surface area contributed by atoms with E-state index < -0.39 is 4.75 Å². The first-order chi connectivity index (χ1) is 4.88. The summed E-state index contributed by atoms with van der Waals surface area (Å²) in [6.07, 6.45) is 1.33. The quantitative estimate of drug-likeness (QED) is 0.401. The molecule has 0 rings (SSSR count). The molecule has 11 heavy (non-hydrogen) atoms. The second kappa shape index (κ2) is 3.81. The topological polar surface area (TPSA) is 26.3 Å². The van der Waals surface area contributed by atoms with Gasteiger partial charge in [-0.2, -0.15) is 12.6 Å². The zero-order valence-electron chi connectivity index (χ0n) is 7.13. The Morgan fingerprint density at radius 1 is 1.73 bits per heavy atom. The second-order valence-corrected chi connectivity index (χ2v) is 4.02. The normalized spacial score (nSPS) is 13.8. The molecule has 3 heteroatoms. The highest BCUT2D eigenvalue weighted by Gasteiger charge is 2.25. The lowest BCUT2D eigenvalue weighted by Gasteiger charge is -2.17. The summed E-state index contributed by atoms with van der Waals surface area (Å²) in [6, 6.07) is 0. The van der Waals surface area contributed by atoms with Crippen molar-refractivity contribution in [2.75, 3.05) is 0 Å². The van der Waals surface area contributed by atoms with Crippen molar-refractivity contribution in [2.45, 2.75) is 31.6 Å². The summed E-state index contributed by atoms with van der Waals surface area (Å²) in [5.74, 6) is -0.326. The number of hydrogen-bond donors (Lipinski definition) is 1. The monoisotopic (exact) mass is 174 g/mol. The minimum atomic E-state index is -0.725. The van der Waals surface area contributed by atoms with Crippen molar-refractivity contribution in [3.8, 4) is 0 Å². The molecule has 1 atom stereocenters. The summed E-state index contributed by atoms with van der Waals surface area (Å²) in [5, 5.41) is 0. The molecule has 0 aliphatic rings. The molecule has 0 aromatic heterocycles. The molecule has 0 radical (unpaired) electrons. The van der Waals surface area contributed by atoms with E-state index in [1.807, 2.05) is 0 Å². The molecule has 0 saturated carbocycles. The van der Waals surface area contributed by atoms with Crippen molar-refractivity contribution in [1.82, 2.24) is 0 Å². The third-order valence-electron chi connectivity index (χ3n) is 1.12. The van der Waals surface area contributed by atoms with Gasteiger partial charge in [0.15, 0.2) is 0 Å². The molecule has 1 unspecified atom stereocenters. The van der Waals surface area contributed by atoms with Gasteiger partial charge in [0.05, 0.1) is 0 Å². The highest BCUT2D eigenvalue weighted by atomic mass is 32.1. The minimum absolute atomic E-state index is 0.242. The van der Waals surface area contributed by atoms with Crippen molar-refractivity contribution in [3.05, 3.63) is 12.7 Å². The number of carbonyl (C=O) groups excluding carboxylic acids is 1. The lowest BCUT2D eigenvalue weighted by molar-refractivity contribution is -0.148. The van der Waals surface area contributed by atoms with Gasteiger partial charge in [0.1, 0.15) is 10.9 Å². The van der Waals surface area contributed by atoms with Crippen molar-refractivity contribution in [3.63, 3.8) is 0 Å². The van der Waals surface area contributed by atoms with E-state index in [1.54, 1.807) is 26.8 Å². The first-order valence-corrected chi connectivity index (χ1v) is 3.88. The van der Waals surface area contributed by atoms with Crippen LogP contribution in [0.3, 0.4) is 0 Å². The molecule has 64 valence electrons. The third kappa shape index (κ3) is 4.09. The Morgan fingerprint density at radius 3 is 2.45 bits per heavy atom. The van der Waals surface area contributed by atoms with E-state index in [9.17, 15) is 4.79 Å². The lowest BCUT2D eigenvalue weighted by atomic mass is 10.2. The van der Waals surface area contributed by atoms with Gasteiger partial charge in [-0.1, -0.05) is 12.7 Å². The molecule has 0 aromatic carbocycles. The van der Waals surface area contributed by atoms with Crippen LogP contribution in [0.1, 0.15) is 20.8 Å². The molecular formula is C8H14O2S. The minimum Gasteiger partial charge on any atom is -0.457 e. The Labute approximate surface area is 73.0 Å². The van der Waals surface area contributed by atoms with Crippen LogP contribution in [0.15, 0.2) is 12.7 Å². The number of hydrogen-bond acceptors (Lipinski definition) is 3. The maximum absolute atomic E-state index is 11.1. The van der Waals surface area contributed by atoms with Crippen molar-refractivity contribution >= 4 is 18.6 Å². The van der Waals surface area contributed by atoms with Gasteiger partial charge in [-0.25, -0.2) is 0 Å². The van der Waals surface area contributed by atoms with E-state index in [-0.39, 0.29) is 12.1 Å². The molecule has 0 aliphatic heterocycles. The van der Waals surface area contributed by atoms with Crippen molar-refractivity contribution in [2.24, 2.45) is 0 Å². The standard InChI is InChI=1S/C8H14O2S/c1-5-6(2)10-7(9)8(3,4)11/h5-6,11H,1H2,2-4H3. The molecule has 2 nitrogen and oxygen atoms in total. The van der Waals surface area contributed by atoms with Crippen LogP contribution < -0.4 is 0 Å². The van der Waals surface area contributed by atoms with E-state index >= 15 is 0 Å². The number of carbonyl (C=O) groups is 1. The van der Waals surface area contributed by atoms with Crippen LogP contribution in [0.4, 0.5) is 0 Å². The average Bonchev–Trinajstić information content (AvgIpc) is 1.85. The highest BCUT2D eigenvalue weighted by Crippen LogP contribution is 2.14. The van der Waals surface area contributed by atoms with Crippen LogP contribution in [0.2, 0.25) is 0 Å². The molecule has 0 spiro atoms. The Morgan fingerprint density at radius 2 is 2.18 bits per heavy atom. The number of esters is 1. The van der Waals surface area contributed by atoms with Crippen LogP contribution >= 0.6 is 12.6 Å². The Balaban J connectivity index is 3.98. The molecule has 0 saturated heterocycles. The van der Waals surface area contributed by atoms with Gasteiger partial charge < -0.3 is 4.74 Å². The zero-order chi connectivity index (χ0) is 9.07. The van der Waals surface area contributed by atoms with Gasteiger partial charge in [0.25, 0.3) is 0 Å². The van der Waals surface area contributed by atoms with E-state index in [0.29, 0.717) is 0 Å². The molecule has 0 amide bonds. The molecule has 0 aliphatic carbocycles. The van der Waals surface area contributed by atoms with Crippen LogP contribution in [0.5, 0.6) is 0 Å². The largest absolute Gasteiger partial charge is 0.457 e. The first kappa shape index (κ1) is 10.6. The summed E-state index contributed by atoms with van der Waals surface area (Å²) in [5.41, 5.74) is 0. The smallest absolute Gasteiger partial charge is 0.321 e. The maximum atomic E-state index is 11.1. The Hall–Kier alpha value is -0.440. The fraction of sp³-hybridized carbons (Fsp3) is 0.625. The fourth-order valence-electron chi connectivity index (χ4n) is 0.361. The fourth-order valence-corrected chi connectivity index (χ4v) is 0.414. The highest BCUT2D eigenvalue weighted by molar-refractivity contribution is 7.82. The summed E-state index contributed by atoms with van der Waals surface area (Å²) in [4.78, 5) is 11.1. The van der Waals surface area contributed by atoms with E-state index in [4.69, 9.17) is 4.74 Å². The van der Waals surface area contributed by atoms with Crippen LogP contribution in [0, 0.1) is 0 Å². The predicted molar refractivity (Wildman–Crippen MR) is 48.8 cm³/mol. The molecule has 0 fully saturated rings. The van der Waals surface area contributed by atoms with Gasteiger partial charge >= 0.3 is 5.97 Å². The van der Waals surface area contributed by atoms with E-state index in [2.05, 4.69) is 19.2 Å². The lowest BCUT2D eigenvalue weighted by Crippen LogP contribution is -2.29. The summed E-state index contributed by atoms with van der Waals surface area (Å²) < 4.78 is 4.21. The van der Waals surface area contributed by atoms with Crippen LogP contribution in [-0.2, 0) is 9.53 Å². The van der Waals surface area contributed by atoms with Gasteiger partial charge in [-0.15, -0.1) is 0 Å².